The molecule has 2 amide bonds. The van der Waals surface area contributed by atoms with Crippen molar-refractivity contribution < 1.29 is 22.7 Å². The number of nitrogens with one attached hydrogen (secondary N) is 2. The van der Waals surface area contributed by atoms with Gasteiger partial charge < -0.3 is 20.1 Å². The minimum Gasteiger partial charge on any atom is -0.454 e. The number of urea groups is 1. The van der Waals surface area contributed by atoms with Gasteiger partial charge in [-0.05, 0) is 29.8 Å². The van der Waals surface area contributed by atoms with Crippen molar-refractivity contribution in [1.29, 1.82) is 0 Å². The van der Waals surface area contributed by atoms with E-state index in [1.54, 1.807) is 24.3 Å². The van der Waals surface area contributed by atoms with Crippen LogP contribution in [-0.4, -0.2) is 27.5 Å². The van der Waals surface area contributed by atoms with Crippen molar-refractivity contribution in [3.05, 3.63) is 48.0 Å². The zero-order valence-corrected chi connectivity index (χ0v) is 13.7. The molecule has 0 aliphatic carbocycles. The Kier molecular flexibility index (Phi) is 4.30. The summed E-state index contributed by atoms with van der Waals surface area (Å²) in [7, 11) is -3.43. The first kappa shape index (κ1) is 16.1. The lowest BCUT2D eigenvalue weighted by atomic mass is 10.2. The maximum atomic E-state index is 12.0. The third-order valence-electron chi connectivity index (χ3n) is 3.42. The fourth-order valence-corrected chi connectivity index (χ4v) is 3.14. The number of rotatable bonds is 4. The molecule has 0 spiro atoms. The summed E-state index contributed by atoms with van der Waals surface area (Å²) in [6.45, 7) is 0.457. The number of amides is 2. The molecule has 0 bridgehead atoms. The van der Waals surface area contributed by atoms with Crippen LogP contribution < -0.4 is 20.1 Å². The summed E-state index contributed by atoms with van der Waals surface area (Å²) in [5.74, 6) is 1.31. The average molecular weight is 348 g/mol. The van der Waals surface area contributed by atoms with Gasteiger partial charge in [0.1, 0.15) is 0 Å². The minimum atomic E-state index is -3.43. The number of anilines is 1. The molecule has 0 saturated heterocycles. The van der Waals surface area contributed by atoms with Gasteiger partial charge >= 0.3 is 6.03 Å². The van der Waals surface area contributed by atoms with Crippen LogP contribution in [0.1, 0.15) is 5.56 Å². The lowest BCUT2D eigenvalue weighted by molar-refractivity contribution is 0.174. The zero-order valence-electron chi connectivity index (χ0n) is 12.9. The number of hydrogen-bond donors (Lipinski definition) is 2. The summed E-state index contributed by atoms with van der Waals surface area (Å²) < 4.78 is 34.0. The number of para-hydroxylation sites is 1. The van der Waals surface area contributed by atoms with Gasteiger partial charge in [-0.3, -0.25) is 0 Å². The van der Waals surface area contributed by atoms with E-state index in [1.807, 2.05) is 6.07 Å². The fraction of sp³-hybridized carbons (Fsp3) is 0.188. The lowest BCUT2D eigenvalue weighted by Gasteiger charge is -2.11. The van der Waals surface area contributed by atoms with Gasteiger partial charge in [0.2, 0.25) is 6.79 Å². The molecule has 0 fully saturated rings. The number of benzene rings is 2. The molecule has 126 valence electrons. The van der Waals surface area contributed by atoms with E-state index < -0.39 is 15.9 Å². The zero-order chi connectivity index (χ0) is 17.2. The molecule has 1 aliphatic rings. The highest BCUT2D eigenvalue weighted by atomic mass is 32.2. The predicted molar refractivity (Wildman–Crippen MR) is 88.0 cm³/mol. The van der Waals surface area contributed by atoms with Crippen LogP contribution in [0.2, 0.25) is 0 Å². The van der Waals surface area contributed by atoms with Crippen LogP contribution in [0, 0.1) is 0 Å². The van der Waals surface area contributed by atoms with Crippen molar-refractivity contribution >= 4 is 21.6 Å². The van der Waals surface area contributed by atoms with E-state index in [0.29, 0.717) is 11.5 Å². The van der Waals surface area contributed by atoms with Crippen molar-refractivity contribution in [3.63, 3.8) is 0 Å². The van der Waals surface area contributed by atoms with Gasteiger partial charge in [-0.2, -0.15) is 0 Å². The molecule has 8 heteroatoms. The lowest BCUT2D eigenvalue weighted by Crippen LogP contribution is -2.28. The minimum absolute atomic E-state index is 0.0724. The van der Waals surface area contributed by atoms with Crippen molar-refractivity contribution in [3.8, 4) is 11.5 Å². The smallest absolute Gasteiger partial charge is 0.319 e. The number of carbonyl (C=O) groups excluding carboxylic acids is 1. The average Bonchev–Trinajstić information content (AvgIpc) is 3.00. The second-order valence-corrected chi connectivity index (χ2v) is 7.25. The summed E-state index contributed by atoms with van der Waals surface area (Å²) >= 11 is 0. The van der Waals surface area contributed by atoms with E-state index >= 15 is 0 Å². The van der Waals surface area contributed by atoms with Gasteiger partial charge in [0, 0.05) is 12.8 Å². The first-order chi connectivity index (χ1) is 11.4. The first-order valence-corrected chi connectivity index (χ1v) is 9.05. The van der Waals surface area contributed by atoms with Crippen molar-refractivity contribution in [2.24, 2.45) is 0 Å². The third kappa shape index (κ3) is 3.60. The Balaban J connectivity index is 1.65. The molecule has 0 atom stereocenters. The van der Waals surface area contributed by atoms with E-state index in [-0.39, 0.29) is 23.9 Å². The van der Waals surface area contributed by atoms with E-state index in [0.717, 1.165) is 11.8 Å². The molecule has 0 unspecified atom stereocenters. The molecule has 24 heavy (non-hydrogen) atoms. The summed E-state index contributed by atoms with van der Waals surface area (Å²) in [5.41, 5.74) is 1.08. The van der Waals surface area contributed by atoms with E-state index in [9.17, 15) is 13.2 Å². The summed E-state index contributed by atoms with van der Waals surface area (Å²) in [6.07, 6.45) is 1.10. The van der Waals surface area contributed by atoms with Crippen LogP contribution in [0.25, 0.3) is 0 Å². The van der Waals surface area contributed by atoms with Crippen LogP contribution in [0.3, 0.4) is 0 Å². The van der Waals surface area contributed by atoms with Gasteiger partial charge in [-0.15, -0.1) is 0 Å². The quantitative estimate of drug-likeness (QED) is 0.883. The molecule has 3 rings (SSSR count). The number of sulfone groups is 1. The van der Waals surface area contributed by atoms with Gasteiger partial charge in [-0.25, -0.2) is 13.2 Å². The Morgan fingerprint density at radius 2 is 1.88 bits per heavy atom. The Morgan fingerprint density at radius 1 is 1.12 bits per heavy atom. The maximum Gasteiger partial charge on any atom is 0.319 e. The molecule has 2 aromatic rings. The topological polar surface area (TPSA) is 93.7 Å². The molecule has 0 aromatic heterocycles. The highest BCUT2D eigenvalue weighted by molar-refractivity contribution is 7.90. The normalized spacial score (nSPS) is 12.7. The molecule has 0 saturated carbocycles. The van der Waals surface area contributed by atoms with Gasteiger partial charge in [0.25, 0.3) is 0 Å². The van der Waals surface area contributed by atoms with Crippen LogP contribution in [0.15, 0.2) is 47.4 Å². The van der Waals surface area contributed by atoms with E-state index in [2.05, 4.69) is 10.6 Å². The predicted octanol–water partition coefficient (Wildman–Crippen LogP) is 2.14. The molecule has 0 radical (unpaired) electrons. The van der Waals surface area contributed by atoms with Crippen LogP contribution in [0.5, 0.6) is 11.5 Å². The molecule has 2 N–H and O–H groups in total. The second-order valence-electron chi connectivity index (χ2n) is 5.26. The Morgan fingerprint density at radius 3 is 2.67 bits per heavy atom. The van der Waals surface area contributed by atoms with Gasteiger partial charge in [0.15, 0.2) is 21.3 Å². The standard InChI is InChI=1S/C16H16N2O5S/c1-24(20,21)15-5-3-2-4-12(15)18-16(19)17-9-11-6-7-13-14(8-11)23-10-22-13/h2-8H,9-10H2,1H3,(H2,17,18,19). The molecule has 1 aliphatic heterocycles. The van der Waals surface area contributed by atoms with Gasteiger partial charge in [0.05, 0.1) is 10.6 Å². The summed E-state index contributed by atoms with van der Waals surface area (Å²) in [4.78, 5) is 12.1. The Labute approximate surface area is 139 Å². The highest BCUT2D eigenvalue weighted by Gasteiger charge is 2.15. The summed E-state index contributed by atoms with van der Waals surface area (Å²) in [5, 5.41) is 5.23. The SMILES string of the molecule is CS(=O)(=O)c1ccccc1NC(=O)NCc1ccc2c(c1)OCO2. The monoisotopic (exact) mass is 348 g/mol. The first-order valence-electron chi connectivity index (χ1n) is 7.16. The molecule has 2 aromatic carbocycles. The van der Waals surface area contributed by atoms with Crippen molar-refractivity contribution in [2.45, 2.75) is 11.4 Å². The summed E-state index contributed by atoms with van der Waals surface area (Å²) in [6, 6.07) is 11.1. The largest absolute Gasteiger partial charge is 0.454 e. The molecular formula is C16H16N2O5S. The number of fused-ring (bicyclic) bond motifs is 1. The second kappa shape index (κ2) is 6.40. The fourth-order valence-electron chi connectivity index (χ4n) is 2.29. The highest BCUT2D eigenvalue weighted by Crippen LogP contribution is 2.32. The number of ether oxygens (including phenoxy) is 2. The Bertz CT molecular complexity index is 880. The van der Waals surface area contributed by atoms with E-state index in [1.165, 1.54) is 12.1 Å². The maximum absolute atomic E-state index is 12.0. The van der Waals surface area contributed by atoms with Crippen LogP contribution in [-0.2, 0) is 16.4 Å². The van der Waals surface area contributed by atoms with Crippen molar-refractivity contribution in [1.82, 2.24) is 5.32 Å². The third-order valence-corrected chi connectivity index (χ3v) is 4.58. The number of hydrogen-bond acceptors (Lipinski definition) is 5. The Hall–Kier alpha value is -2.74. The van der Waals surface area contributed by atoms with Crippen LogP contribution >= 0.6 is 0 Å². The van der Waals surface area contributed by atoms with Crippen molar-refractivity contribution in [2.75, 3.05) is 18.4 Å². The molecule has 1 heterocycles. The van der Waals surface area contributed by atoms with E-state index in [4.69, 9.17) is 9.47 Å². The molecule has 7 nitrogen and oxygen atoms in total. The number of carbonyl (C=O) groups is 1. The molecular weight excluding hydrogens is 332 g/mol. The van der Waals surface area contributed by atoms with Crippen LogP contribution in [0.4, 0.5) is 10.5 Å². The van der Waals surface area contributed by atoms with Gasteiger partial charge in [-0.1, -0.05) is 18.2 Å².